The van der Waals surface area contributed by atoms with E-state index in [9.17, 15) is 0 Å². The third-order valence-corrected chi connectivity index (χ3v) is 3.46. The average Bonchev–Trinajstić information content (AvgIpc) is 2.30. The summed E-state index contributed by atoms with van der Waals surface area (Å²) >= 11 is 0. The van der Waals surface area contributed by atoms with Gasteiger partial charge in [0.05, 0.1) is 6.04 Å². The van der Waals surface area contributed by atoms with E-state index in [1.54, 1.807) is 0 Å². The molecule has 0 aliphatic carbocycles. The number of rotatable bonds is 3. The summed E-state index contributed by atoms with van der Waals surface area (Å²) in [6.45, 7) is 5.60. The number of para-hydroxylation sites is 1. The molecule has 3 heteroatoms. The van der Waals surface area contributed by atoms with Crippen molar-refractivity contribution in [3.8, 4) is 0 Å². The summed E-state index contributed by atoms with van der Waals surface area (Å²) in [5, 5.41) is 3.31. The van der Waals surface area contributed by atoms with E-state index in [4.69, 9.17) is 0 Å². The number of likely N-dealkylation sites (N-methyl/N-ethyl adjacent to an activating group) is 2. The summed E-state index contributed by atoms with van der Waals surface area (Å²) in [6.07, 6.45) is 0. The van der Waals surface area contributed by atoms with E-state index >= 15 is 0 Å². The monoisotopic (exact) mass is 233 g/mol. The van der Waals surface area contributed by atoms with Crippen LogP contribution in [-0.4, -0.2) is 50.7 Å². The summed E-state index contributed by atoms with van der Waals surface area (Å²) in [5.41, 5.74) is 1.34. The number of nitrogens with zero attached hydrogens (tertiary/aromatic N) is 2. The van der Waals surface area contributed by atoms with E-state index in [1.807, 2.05) is 7.05 Å². The molecule has 2 rings (SSSR count). The zero-order valence-corrected chi connectivity index (χ0v) is 11.1. The van der Waals surface area contributed by atoms with Gasteiger partial charge in [0, 0.05) is 31.4 Å². The molecular formula is C14H23N3. The second-order valence-electron chi connectivity index (χ2n) is 5.02. The minimum Gasteiger partial charge on any atom is -0.362 e. The highest BCUT2D eigenvalue weighted by Crippen LogP contribution is 2.23. The van der Waals surface area contributed by atoms with Crippen molar-refractivity contribution in [3.63, 3.8) is 0 Å². The molecule has 2 unspecified atom stereocenters. The van der Waals surface area contributed by atoms with Crippen LogP contribution in [0.5, 0.6) is 0 Å². The van der Waals surface area contributed by atoms with Gasteiger partial charge in [0.1, 0.15) is 0 Å². The molecule has 0 aromatic heterocycles. The van der Waals surface area contributed by atoms with Crippen molar-refractivity contribution in [1.29, 1.82) is 0 Å². The maximum Gasteiger partial charge on any atom is 0.0544 e. The van der Waals surface area contributed by atoms with E-state index in [0.717, 1.165) is 19.6 Å². The highest BCUT2D eigenvalue weighted by Gasteiger charge is 2.29. The van der Waals surface area contributed by atoms with Crippen LogP contribution in [0.4, 0.5) is 5.69 Å². The van der Waals surface area contributed by atoms with Gasteiger partial charge in [0.15, 0.2) is 0 Å². The largest absolute Gasteiger partial charge is 0.362 e. The summed E-state index contributed by atoms with van der Waals surface area (Å²) in [4.78, 5) is 4.97. The topological polar surface area (TPSA) is 18.5 Å². The van der Waals surface area contributed by atoms with Crippen molar-refractivity contribution in [2.24, 2.45) is 0 Å². The first-order valence-corrected chi connectivity index (χ1v) is 6.39. The number of benzene rings is 1. The Kier molecular flexibility index (Phi) is 4.02. The number of anilines is 1. The Morgan fingerprint density at radius 1 is 1.24 bits per heavy atom. The Balaban J connectivity index is 2.21. The highest BCUT2D eigenvalue weighted by molar-refractivity contribution is 5.49. The van der Waals surface area contributed by atoms with Crippen LogP contribution in [0.3, 0.4) is 0 Å². The lowest BCUT2D eigenvalue weighted by Gasteiger charge is -2.46. The fraction of sp³-hybridized carbons (Fsp3) is 0.571. The molecule has 0 radical (unpaired) electrons. The van der Waals surface area contributed by atoms with E-state index in [0.29, 0.717) is 12.1 Å². The predicted molar refractivity (Wildman–Crippen MR) is 73.6 cm³/mol. The third-order valence-electron chi connectivity index (χ3n) is 3.46. The molecule has 1 saturated heterocycles. The molecule has 1 aliphatic heterocycles. The fourth-order valence-corrected chi connectivity index (χ4v) is 2.89. The van der Waals surface area contributed by atoms with E-state index < -0.39 is 0 Å². The molecule has 1 aromatic rings. The number of hydrogen-bond acceptors (Lipinski definition) is 3. The van der Waals surface area contributed by atoms with Gasteiger partial charge < -0.3 is 15.1 Å². The van der Waals surface area contributed by atoms with Crippen LogP contribution in [0.1, 0.15) is 6.92 Å². The van der Waals surface area contributed by atoms with Crippen LogP contribution in [-0.2, 0) is 0 Å². The quantitative estimate of drug-likeness (QED) is 0.852. The van der Waals surface area contributed by atoms with Gasteiger partial charge in [-0.05, 0) is 33.2 Å². The van der Waals surface area contributed by atoms with Crippen LogP contribution in [0.15, 0.2) is 30.3 Å². The van der Waals surface area contributed by atoms with E-state index in [-0.39, 0.29) is 0 Å². The third kappa shape index (κ3) is 2.79. The lowest BCUT2D eigenvalue weighted by molar-refractivity contribution is 0.231. The van der Waals surface area contributed by atoms with Crippen LogP contribution >= 0.6 is 0 Å². The van der Waals surface area contributed by atoms with Gasteiger partial charge in [-0.1, -0.05) is 18.2 Å². The van der Waals surface area contributed by atoms with Crippen LogP contribution in [0, 0.1) is 0 Å². The molecule has 1 aromatic carbocycles. The predicted octanol–water partition coefficient (Wildman–Crippen LogP) is 1.41. The Hall–Kier alpha value is -1.06. The zero-order valence-electron chi connectivity index (χ0n) is 11.1. The lowest BCUT2D eigenvalue weighted by Crippen LogP contribution is -2.59. The molecule has 1 aliphatic rings. The summed E-state index contributed by atoms with van der Waals surface area (Å²) < 4.78 is 0. The van der Waals surface area contributed by atoms with Crippen molar-refractivity contribution in [2.75, 3.05) is 38.6 Å². The molecule has 17 heavy (non-hydrogen) atoms. The lowest BCUT2D eigenvalue weighted by atomic mass is 10.1. The first-order chi connectivity index (χ1) is 8.22. The minimum atomic E-state index is 0.552. The summed E-state index contributed by atoms with van der Waals surface area (Å²) in [7, 11) is 4.24. The van der Waals surface area contributed by atoms with Crippen LogP contribution in [0.25, 0.3) is 0 Å². The highest BCUT2D eigenvalue weighted by atomic mass is 15.3. The number of piperazine rings is 1. The van der Waals surface area contributed by atoms with Gasteiger partial charge >= 0.3 is 0 Å². The second kappa shape index (κ2) is 5.52. The van der Waals surface area contributed by atoms with Gasteiger partial charge in [-0.25, -0.2) is 0 Å². The van der Waals surface area contributed by atoms with Gasteiger partial charge in [-0.15, -0.1) is 0 Å². The molecule has 2 atom stereocenters. The Morgan fingerprint density at radius 3 is 2.59 bits per heavy atom. The molecule has 0 amide bonds. The Morgan fingerprint density at radius 2 is 1.94 bits per heavy atom. The van der Waals surface area contributed by atoms with Gasteiger partial charge in [0.2, 0.25) is 0 Å². The van der Waals surface area contributed by atoms with Crippen molar-refractivity contribution in [3.05, 3.63) is 30.3 Å². The number of nitrogens with one attached hydrogen (secondary N) is 1. The SMILES string of the molecule is CNCC1CN(C)CC(C)N1c1ccccc1. The van der Waals surface area contributed by atoms with E-state index in [1.165, 1.54) is 5.69 Å². The maximum absolute atomic E-state index is 3.31. The molecule has 0 bridgehead atoms. The normalized spacial score (nSPS) is 26.2. The molecule has 94 valence electrons. The summed E-state index contributed by atoms with van der Waals surface area (Å²) in [6, 6.07) is 11.9. The molecule has 0 saturated carbocycles. The molecule has 1 fully saturated rings. The van der Waals surface area contributed by atoms with Crippen molar-refractivity contribution >= 4 is 5.69 Å². The first kappa shape index (κ1) is 12.4. The molecule has 0 spiro atoms. The molecular weight excluding hydrogens is 210 g/mol. The molecule has 1 heterocycles. The van der Waals surface area contributed by atoms with Crippen molar-refractivity contribution < 1.29 is 0 Å². The zero-order chi connectivity index (χ0) is 12.3. The first-order valence-electron chi connectivity index (χ1n) is 6.39. The minimum absolute atomic E-state index is 0.552. The smallest absolute Gasteiger partial charge is 0.0544 e. The average molecular weight is 233 g/mol. The maximum atomic E-state index is 3.31. The van der Waals surface area contributed by atoms with Gasteiger partial charge in [-0.2, -0.15) is 0 Å². The summed E-state index contributed by atoms with van der Waals surface area (Å²) in [5.74, 6) is 0. The van der Waals surface area contributed by atoms with Gasteiger partial charge in [0.25, 0.3) is 0 Å². The standard InChI is InChI=1S/C14H23N3/c1-12-10-16(3)11-14(9-15-2)17(12)13-7-5-4-6-8-13/h4-8,12,14-15H,9-11H2,1-3H3. The van der Waals surface area contributed by atoms with Crippen LogP contribution < -0.4 is 10.2 Å². The molecule has 1 N–H and O–H groups in total. The molecule has 3 nitrogen and oxygen atoms in total. The van der Waals surface area contributed by atoms with Gasteiger partial charge in [-0.3, -0.25) is 0 Å². The van der Waals surface area contributed by atoms with Crippen LogP contribution in [0.2, 0.25) is 0 Å². The van der Waals surface area contributed by atoms with E-state index in [2.05, 4.69) is 59.4 Å². The number of hydrogen-bond donors (Lipinski definition) is 1. The Labute approximate surface area is 104 Å². The van der Waals surface area contributed by atoms with Crippen molar-refractivity contribution in [2.45, 2.75) is 19.0 Å². The van der Waals surface area contributed by atoms with Crippen molar-refractivity contribution in [1.82, 2.24) is 10.2 Å². The Bertz CT molecular complexity index is 339. The second-order valence-corrected chi connectivity index (χ2v) is 5.02. The fourth-order valence-electron chi connectivity index (χ4n) is 2.89.